The third-order valence-electron chi connectivity index (χ3n) is 5.04. The summed E-state index contributed by atoms with van der Waals surface area (Å²) < 4.78 is 6.54. The van der Waals surface area contributed by atoms with Crippen molar-refractivity contribution in [3.05, 3.63) is 70.1 Å². The smallest absolute Gasteiger partial charge is 0.359 e. The van der Waals surface area contributed by atoms with Gasteiger partial charge in [-0.3, -0.25) is 9.59 Å². The second-order valence-corrected chi connectivity index (χ2v) is 7.42. The van der Waals surface area contributed by atoms with Crippen molar-refractivity contribution in [3.63, 3.8) is 0 Å². The van der Waals surface area contributed by atoms with Crippen molar-refractivity contribution in [1.29, 1.82) is 0 Å². The molecule has 1 amide bonds. The van der Waals surface area contributed by atoms with Gasteiger partial charge < -0.3 is 10.1 Å². The molecule has 1 N–H and O–H groups in total. The van der Waals surface area contributed by atoms with Crippen molar-refractivity contribution in [2.75, 3.05) is 11.9 Å². The number of rotatable bonds is 9. The van der Waals surface area contributed by atoms with E-state index in [1.807, 2.05) is 25.1 Å². The molecule has 0 bridgehead atoms. The topological polar surface area (TPSA) is 90.3 Å². The van der Waals surface area contributed by atoms with Gasteiger partial charge in [0, 0.05) is 17.6 Å². The van der Waals surface area contributed by atoms with E-state index in [-0.39, 0.29) is 11.3 Å². The zero-order valence-corrected chi connectivity index (χ0v) is 17.9. The van der Waals surface area contributed by atoms with Crippen LogP contribution in [0.1, 0.15) is 48.7 Å². The van der Waals surface area contributed by atoms with Gasteiger partial charge in [-0.15, -0.1) is 0 Å². The summed E-state index contributed by atoms with van der Waals surface area (Å²) in [5, 5.41) is 7.82. The van der Waals surface area contributed by atoms with Crippen LogP contribution in [-0.2, 0) is 16.1 Å². The summed E-state index contributed by atoms with van der Waals surface area (Å²) >= 11 is 0. The summed E-state index contributed by atoms with van der Waals surface area (Å²) in [4.78, 5) is 37.7. The van der Waals surface area contributed by atoms with E-state index in [4.69, 9.17) is 4.74 Å². The normalized spacial score (nSPS) is 10.8. The lowest BCUT2D eigenvalue weighted by Crippen LogP contribution is -2.28. The van der Waals surface area contributed by atoms with Crippen molar-refractivity contribution in [1.82, 2.24) is 9.78 Å². The zero-order valence-electron chi connectivity index (χ0n) is 17.9. The zero-order chi connectivity index (χ0) is 22.2. The largest absolute Gasteiger partial charge is 0.451 e. The fraction of sp³-hybridized carbons (Fsp3) is 0.333. The van der Waals surface area contributed by atoms with E-state index >= 15 is 0 Å². The number of amides is 1. The predicted molar refractivity (Wildman–Crippen MR) is 120 cm³/mol. The summed E-state index contributed by atoms with van der Waals surface area (Å²) in [6.45, 7) is 3.97. The molecule has 0 aliphatic carbocycles. The molecule has 0 atom stereocenters. The number of ether oxygens (including phenoxy) is 1. The number of unbranched alkanes of at least 4 members (excludes halogenated alkanes) is 3. The summed E-state index contributed by atoms with van der Waals surface area (Å²) in [6, 6.07) is 14.2. The van der Waals surface area contributed by atoms with Crippen LogP contribution in [0.2, 0.25) is 0 Å². The Morgan fingerprint density at radius 2 is 1.71 bits per heavy atom. The second kappa shape index (κ2) is 10.5. The summed E-state index contributed by atoms with van der Waals surface area (Å²) in [5.41, 5.74) is 1.37. The number of aryl methyl sites for hydroxylation is 2. The fourth-order valence-electron chi connectivity index (χ4n) is 3.32. The molecule has 7 nitrogen and oxygen atoms in total. The molecule has 0 aliphatic rings. The van der Waals surface area contributed by atoms with E-state index < -0.39 is 18.5 Å². The Morgan fingerprint density at radius 1 is 1.00 bits per heavy atom. The Kier molecular flexibility index (Phi) is 7.54. The number of hydrogen-bond donors (Lipinski definition) is 1. The van der Waals surface area contributed by atoms with Crippen LogP contribution in [0.3, 0.4) is 0 Å². The Morgan fingerprint density at radius 3 is 2.45 bits per heavy atom. The van der Waals surface area contributed by atoms with Crippen molar-refractivity contribution < 1.29 is 14.3 Å². The lowest BCUT2D eigenvalue weighted by atomic mass is 10.1. The Hall–Kier alpha value is -3.48. The number of nitrogens with one attached hydrogen (secondary N) is 1. The highest BCUT2D eigenvalue weighted by Gasteiger charge is 2.19. The van der Waals surface area contributed by atoms with Crippen LogP contribution in [0.25, 0.3) is 10.8 Å². The number of nitrogens with zero attached hydrogens (tertiary/aromatic N) is 2. The monoisotopic (exact) mass is 421 g/mol. The van der Waals surface area contributed by atoms with Gasteiger partial charge >= 0.3 is 5.97 Å². The molecule has 0 fully saturated rings. The van der Waals surface area contributed by atoms with Gasteiger partial charge in [-0.2, -0.15) is 5.10 Å². The average molecular weight is 421 g/mol. The second-order valence-electron chi connectivity index (χ2n) is 7.42. The van der Waals surface area contributed by atoms with E-state index in [0.29, 0.717) is 23.0 Å². The molecule has 0 unspecified atom stereocenters. The van der Waals surface area contributed by atoms with Crippen LogP contribution in [0, 0.1) is 6.92 Å². The number of carbonyl (C=O) groups is 2. The molecular weight excluding hydrogens is 394 g/mol. The van der Waals surface area contributed by atoms with Crippen LogP contribution in [-0.4, -0.2) is 28.3 Å². The lowest BCUT2D eigenvalue weighted by molar-refractivity contribution is -0.119. The van der Waals surface area contributed by atoms with E-state index in [1.165, 1.54) is 4.68 Å². The van der Waals surface area contributed by atoms with Gasteiger partial charge in [0.25, 0.3) is 11.5 Å². The van der Waals surface area contributed by atoms with Crippen molar-refractivity contribution in [2.24, 2.45) is 0 Å². The highest BCUT2D eigenvalue weighted by molar-refractivity contribution is 6.03. The summed E-state index contributed by atoms with van der Waals surface area (Å²) in [7, 11) is 0. The third kappa shape index (κ3) is 5.57. The number of aromatic nitrogens is 2. The summed E-state index contributed by atoms with van der Waals surface area (Å²) in [5.74, 6) is -1.18. The van der Waals surface area contributed by atoms with Gasteiger partial charge in [-0.05, 0) is 31.0 Å². The van der Waals surface area contributed by atoms with Gasteiger partial charge in [0.2, 0.25) is 0 Å². The minimum Gasteiger partial charge on any atom is -0.451 e. The Balaban J connectivity index is 1.76. The van der Waals surface area contributed by atoms with E-state index in [9.17, 15) is 14.4 Å². The Labute approximate surface area is 181 Å². The molecular formula is C24H27N3O4. The number of para-hydroxylation sites is 1. The number of carbonyl (C=O) groups excluding carboxylic acids is 2. The standard InChI is InChI=1S/C24H27N3O4/c1-3-4-5-10-15-27-23(29)19-13-8-7-12-18(19)22(26-27)24(30)31-16-21(28)25-20-14-9-6-11-17(20)2/h6-9,11-14H,3-5,10,15-16H2,1-2H3,(H,25,28). The fourth-order valence-corrected chi connectivity index (χ4v) is 3.32. The minimum atomic E-state index is -0.738. The molecule has 2 aromatic carbocycles. The number of benzene rings is 2. The predicted octanol–water partition coefficient (Wildman–Crippen LogP) is 4.08. The molecule has 1 heterocycles. The van der Waals surface area contributed by atoms with Gasteiger partial charge in [-0.25, -0.2) is 9.48 Å². The molecule has 0 spiro atoms. The molecule has 7 heteroatoms. The third-order valence-corrected chi connectivity index (χ3v) is 5.04. The highest BCUT2D eigenvalue weighted by Crippen LogP contribution is 2.16. The molecule has 0 radical (unpaired) electrons. The number of anilines is 1. The molecule has 31 heavy (non-hydrogen) atoms. The minimum absolute atomic E-state index is 0.0365. The number of hydrogen-bond acceptors (Lipinski definition) is 5. The maximum Gasteiger partial charge on any atom is 0.359 e. The van der Waals surface area contributed by atoms with E-state index in [2.05, 4.69) is 17.3 Å². The maximum atomic E-state index is 12.8. The molecule has 1 aromatic heterocycles. The van der Waals surface area contributed by atoms with Crippen LogP contribution >= 0.6 is 0 Å². The van der Waals surface area contributed by atoms with Crippen molar-refractivity contribution in [2.45, 2.75) is 46.1 Å². The van der Waals surface area contributed by atoms with Gasteiger partial charge in [-0.1, -0.05) is 62.6 Å². The van der Waals surface area contributed by atoms with Crippen LogP contribution in [0.4, 0.5) is 5.69 Å². The average Bonchev–Trinajstić information content (AvgIpc) is 2.78. The molecule has 162 valence electrons. The van der Waals surface area contributed by atoms with E-state index in [0.717, 1.165) is 31.2 Å². The molecule has 0 saturated carbocycles. The first-order chi connectivity index (χ1) is 15.0. The molecule has 0 aliphatic heterocycles. The van der Waals surface area contributed by atoms with Crippen LogP contribution < -0.4 is 10.9 Å². The molecule has 0 saturated heterocycles. The molecule has 3 aromatic rings. The quantitative estimate of drug-likeness (QED) is 0.415. The first-order valence-corrected chi connectivity index (χ1v) is 10.5. The van der Waals surface area contributed by atoms with E-state index in [1.54, 1.807) is 30.3 Å². The first kappa shape index (κ1) is 22.2. The van der Waals surface area contributed by atoms with Crippen LogP contribution in [0.5, 0.6) is 0 Å². The molecule has 3 rings (SSSR count). The van der Waals surface area contributed by atoms with Crippen LogP contribution in [0.15, 0.2) is 53.3 Å². The number of fused-ring (bicyclic) bond motifs is 1. The number of esters is 1. The SMILES string of the molecule is CCCCCCn1nc(C(=O)OCC(=O)Nc2ccccc2C)c2ccccc2c1=O. The van der Waals surface area contributed by atoms with Crippen molar-refractivity contribution in [3.8, 4) is 0 Å². The van der Waals surface area contributed by atoms with Gasteiger partial charge in [0.15, 0.2) is 12.3 Å². The first-order valence-electron chi connectivity index (χ1n) is 10.5. The highest BCUT2D eigenvalue weighted by atomic mass is 16.5. The maximum absolute atomic E-state index is 12.8. The van der Waals surface area contributed by atoms with Gasteiger partial charge in [0.05, 0.1) is 5.39 Å². The summed E-state index contributed by atoms with van der Waals surface area (Å²) in [6.07, 6.45) is 3.94. The van der Waals surface area contributed by atoms with Crippen molar-refractivity contribution >= 4 is 28.3 Å². The van der Waals surface area contributed by atoms with Gasteiger partial charge in [0.1, 0.15) is 0 Å². The Bertz CT molecular complexity index is 1140. The lowest BCUT2D eigenvalue weighted by Gasteiger charge is -2.11.